The summed E-state index contributed by atoms with van der Waals surface area (Å²) in [5.74, 6) is 0.149. The third kappa shape index (κ3) is 1.75. The van der Waals surface area contributed by atoms with Crippen LogP contribution in [-0.2, 0) is 9.47 Å². The van der Waals surface area contributed by atoms with Crippen molar-refractivity contribution in [3.8, 4) is 5.75 Å². The maximum Gasteiger partial charge on any atom is 0.259 e. The zero-order valence-corrected chi connectivity index (χ0v) is 7.07. The van der Waals surface area contributed by atoms with Crippen molar-refractivity contribution >= 4 is 0 Å². The van der Waals surface area contributed by atoms with Crippen LogP contribution in [0, 0.1) is 6.29 Å². The summed E-state index contributed by atoms with van der Waals surface area (Å²) in [5, 5.41) is 9.36. The van der Waals surface area contributed by atoms with Gasteiger partial charge in [-0.2, -0.15) is 0 Å². The lowest BCUT2D eigenvalue weighted by Crippen LogP contribution is -2.04. The highest BCUT2D eigenvalue weighted by Gasteiger charge is 2.14. The number of para-hydroxylation sites is 1. The van der Waals surface area contributed by atoms with Crippen molar-refractivity contribution < 1.29 is 14.6 Å². The number of hydrogen-bond donors (Lipinski definition) is 1. The lowest BCUT2D eigenvalue weighted by Gasteiger charge is -2.11. The molecule has 1 rings (SSSR count). The Labute approximate surface area is 71.5 Å². The Bertz CT molecular complexity index is 243. The fourth-order valence-corrected chi connectivity index (χ4v) is 0.949. The largest absolute Gasteiger partial charge is 0.507 e. The van der Waals surface area contributed by atoms with E-state index in [1.165, 1.54) is 14.2 Å². The monoisotopic (exact) mass is 167 g/mol. The molecule has 0 amide bonds. The number of aromatic hydroxyl groups is 1. The molecule has 0 saturated heterocycles. The lowest BCUT2D eigenvalue weighted by molar-refractivity contribution is 0.0257. The number of hydrogen-bond acceptors (Lipinski definition) is 3. The van der Waals surface area contributed by atoms with Crippen LogP contribution in [0.3, 0.4) is 0 Å². The van der Waals surface area contributed by atoms with E-state index in [-0.39, 0.29) is 5.75 Å². The predicted molar refractivity (Wildman–Crippen MR) is 44.5 cm³/mol. The van der Waals surface area contributed by atoms with Crippen LogP contribution in [0.2, 0.25) is 0 Å². The zero-order valence-electron chi connectivity index (χ0n) is 7.07. The average Bonchev–Trinajstić information content (AvgIpc) is 2.10. The van der Waals surface area contributed by atoms with Gasteiger partial charge in [-0.3, -0.25) is 0 Å². The Morgan fingerprint density at radius 2 is 1.75 bits per heavy atom. The summed E-state index contributed by atoms with van der Waals surface area (Å²) in [7, 11) is 2.98. The quantitative estimate of drug-likeness (QED) is 0.741. The Kier molecular flexibility index (Phi) is 3.08. The van der Waals surface area contributed by atoms with Crippen LogP contribution in [-0.4, -0.2) is 19.3 Å². The molecule has 0 saturated carbocycles. The normalized spacial score (nSPS) is 10.6. The molecule has 3 nitrogen and oxygen atoms in total. The highest BCUT2D eigenvalue weighted by molar-refractivity contribution is 5.38. The Morgan fingerprint density at radius 3 is 2.25 bits per heavy atom. The van der Waals surface area contributed by atoms with Crippen LogP contribution in [0.1, 0.15) is 5.56 Å². The summed E-state index contributed by atoms with van der Waals surface area (Å²) in [6.45, 7) is 0. The summed E-state index contributed by atoms with van der Waals surface area (Å²) >= 11 is 0. The number of benzene rings is 1. The molecule has 0 aromatic heterocycles. The van der Waals surface area contributed by atoms with Gasteiger partial charge in [0.05, 0.1) is 5.56 Å². The summed E-state index contributed by atoms with van der Waals surface area (Å²) in [5.41, 5.74) is 0.558. The average molecular weight is 167 g/mol. The molecule has 12 heavy (non-hydrogen) atoms. The van der Waals surface area contributed by atoms with Gasteiger partial charge in [-0.15, -0.1) is 0 Å². The van der Waals surface area contributed by atoms with E-state index in [2.05, 4.69) is 0 Å². The SMILES string of the molecule is CO[C](OC)c1ccccc1O. The third-order valence-electron chi connectivity index (χ3n) is 1.49. The molecule has 1 radical (unpaired) electrons. The molecular weight excluding hydrogens is 156 g/mol. The van der Waals surface area contributed by atoms with Crippen LogP contribution in [0.25, 0.3) is 0 Å². The minimum absolute atomic E-state index is 0.149. The zero-order chi connectivity index (χ0) is 8.97. The van der Waals surface area contributed by atoms with E-state index in [0.29, 0.717) is 11.9 Å². The van der Waals surface area contributed by atoms with Gasteiger partial charge in [0.15, 0.2) is 0 Å². The minimum atomic E-state index is 0.149. The van der Waals surface area contributed by atoms with Gasteiger partial charge in [0.2, 0.25) is 0 Å². The molecular formula is C9H11O3. The minimum Gasteiger partial charge on any atom is -0.507 e. The standard InChI is InChI=1S/C9H11O3/c1-11-9(12-2)7-5-3-4-6-8(7)10/h3-6,10H,1-2H3. The van der Waals surface area contributed by atoms with Crippen LogP contribution >= 0.6 is 0 Å². The van der Waals surface area contributed by atoms with Gasteiger partial charge in [0.1, 0.15) is 5.75 Å². The van der Waals surface area contributed by atoms with Gasteiger partial charge in [0, 0.05) is 14.2 Å². The predicted octanol–water partition coefficient (Wildman–Crippen LogP) is 1.52. The smallest absolute Gasteiger partial charge is 0.259 e. The van der Waals surface area contributed by atoms with E-state index in [9.17, 15) is 5.11 Å². The van der Waals surface area contributed by atoms with Gasteiger partial charge in [-0.25, -0.2) is 0 Å². The highest BCUT2D eigenvalue weighted by atomic mass is 16.7. The topological polar surface area (TPSA) is 38.7 Å². The second-order valence-corrected chi connectivity index (χ2v) is 2.21. The molecule has 0 heterocycles. The first-order valence-corrected chi connectivity index (χ1v) is 3.53. The van der Waals surface area contributed by atoms with E-state index in [1.54, 1.807) is 24.3 Å². The first-order chi connectivity index (χ1) is 5.79. The van der Waals surface area contributed by atoms with Crippen molar-refractivity contribution in [3.05, 3.63) is 36.1 Å². The van der Waals surface area contributed by atoms with Gasteiger partial charge < -0.3 is 14.6 Å². The van der Waals surface area contributed by atoms with E-state index in [0.717, 1.165) is 0 Å². The summed E-state index contributed by atoms with van der Waals surface area (Å²) in [4.78, 5) is 0. The highest BCUT2D eigenvalue weighted by Crippen LogP contribution is 2.24. The van der Waals surface area contributed by atoms with Gasteiger partial charge in [-0.05, 0) is 12.1 Å². The molecule has 0 aliphatic heterocycles. The van der Waals surface area contributed by atoms with Crippen molar-refractivity contribution in [2.75, 3.05) is 14.2 Å². The summed E-state index contributed by atoms with van der Waals surface area (Å²) < 4.78 is 9.80. The maximum absolute atomic E-state index is 9.36. The molecule has 0 atom stereocenters. The van der Waals surface area contributed by atoms with E-state index in [1.807, 2.05) is 0 Å². The fourth-order valence-electron chi connectivity index (χ4n) is 0.949. The first kappa shape index (κ1) is 9.03. The van der Waals surface area contributed by atoms with Crippen LogP contribution < -0.4 is 0 Å². The van der Waals surface area contributed by atoms with E-state index >= 15 is 0 Å². The molecule has 1 N–H and O–H groups in total. The Morgan fingerprint density at radius 1 is 1.17 bits per heavy atom. The van der Waals surface area contributed by atoms with E-state index in [4.69, 9.17) is 9.47 Å². The number of phenols is 1. The molecule has 3 heteroatoms. The van der Waals surface area contributed by atoms with Crippen molar-refractivity contribution in [3.63, 3.8) is 0 Å². The number of rotatable bonds is 3. The second-order valence-electron chi connectivity index (χ2n) is 2.21. The molecule has 65 valence electrons. The number of ether oxygens (including phenoxy) is 2. The van der Waals surface area contributed by atoms with Crippen LogP contribution in [0.5, 0.6) is 5.75 Å². The van der Waals surface area contributed by atoms with Crippen molar-refractivity contribution in [1.29, 1.82) is 0 Å². The summed E-state index contributed by atoms with van der Waals surface area (Å²) in [6, 6.07) is 6.83. The molecule has 0 unspecified atom stereocenters. The lowest BCUT2D eigenvalue weighted by atomic mass is 10.2. The van der Waals surface area contributed by atoms with Crippen molar-refractivity contribution in [1.82, 2.24) is 0 Å². The van der Waals surface area contributed by atoms with Crippen molar-refractivity contribution in [2.24, 2.45) is 0 Å². The molecule has 0 fully saturated rings. The summed E-state index contributed by atoms with van der Waals surface area (Å²) in [6.07, 6.45) is 0.313. The fraction of sp³-hybridized carbons (Fsp3) is 0.222. The maximum atomic E-state index is 9.36. The Balaban J connectivity index is 2.92. The number of phenolic OH excluding ortho intramolecular Hbond substituents is 1. The van der Waals surface area contributed by atoms with Crippen LogP contribution in [0.15, 0.2) is 24.3 Å². The molecule has 0 bridgehead atoms. The van der Waals surface area contributed by atoms with E-state index < -0.39 is 0 Å². The van der Waals surface area contributed by atoms with Crippen LogP contribution in [0.4, 0.5) is 0 Å². The van der Waals surface area contributed by atoms with Gasteiger partial charge >= 0.3 is 0 Å². The third-order valence-corrected chi connectivity index (χ3v) is 1.49. The molecule has 1 aromatic rings. The molecule has 0 aliphatic rings. The Hall–Kier alpha value is -1.06. The molecule has 0 aliphatic carbocycles. The molecule has 0 spiro atoms. The molecule has 1 aromatic carbocycles. The number of methoxy groups -OCH3 is 2. The van der Waals surface area contributed by atoms with Crippen molar-refractivity contribution in [2.45, 2.75) is 0 Å². The van der Waals surface area contributed by atoms with Gasteiger partial charge in [0.25, 0.3) is 6.29 Å². The second kappa shape index (κ2) is 4.09. The first-order valence-electron chi connectivity index (χ1n) is 3.53. The van der Waals surface area contributed by atoms with Gasteiger partial charge in [-0.1, -0.05) is 12.1 Å².